The first-order chi connectivity index (χ1) is 14.6. The van der Waals surface area contributed by atoms with Gasteiger partial charge in [0.25, 0.3) is 0 Å². The molecule has 3 aromatic rings. The number of allylic oxidation sites excluding steroid dienone is 1. The van der Waals surface area contributed by atoms with Gasteiger partial charge in [0.15, 0.2) is 11.6 Å². The lowest BCUT2D eigenvalue weighted by atomic mass is 9.76. The molecule has 3 heterocycles. The second-order valence-electron chi connectivity index (χ2n) is 8.05. The number of tetrazole rings is 1. The molecule has 0 saturated heterocycles. The average Bonchev–Trinajstić information content (AvgIpc) is 3.44. The minimum Gasteiger partial charge on any atom is -0.269 e. The van der Waals surface area contributed by atoms with Crippen molar-refractivity contribution in [3.05, 3.63) is 65.1 Å². The highest BCUT2D eigenvalue weighted by molar-refractivity contribution is 5.66. The maximum Gasteiger partial charge on any atom is 0.189 e. The maximum absolute atomic E-state index is 4.82. The molecule has 1 N–H and O–H groups in total. The average molecular weight is 405 g/mol. The summed E-state index contributed by atoms with van der Waals surface area (Å²) in [5.41, 5.74) is 1.88. The number of H-pyrrole nitrogens is 1. The molecule has 8 nitrogen and oxygen atoms in total. The van der Waals surface area contributed by atoms with Gasteiger partial charge in [-0.25, -0.2) is 9.67 Å². The van der Waals surface area contributed by atoms with E-state index in [1.54, 1.807) is 6.20 Å². The molecule has 0 radical (unpaired) electrons. The van der Waals surface area contributed by atoms with Gasteiger partial charge in [-0.3, -0.25) is 4.99 Å². The van der Waals surface area contributed by atoms with Crippen molar-refractivity contribution in [2.45, 2.75) is 64.3 Å². The summed E-state index contributed by atoms with van der Waals surface area (Å²) in [6.45, 7) is 7.38. The Balaban J connectivity index is 1.60. The molecule has 1 unspecified atom stereocenters. The van der Waals surface area contributed by atoms with Gasteiger partial charge in [0, 0.05) is 37.7 Å². The standard InChI is InChI=1S/C22H28N8/c1-4-5-14-30-19(24-20(27-30)16(2)3)15-17-6-8-18(9-7-17)22(10-12-23-13-11-22)21-25-28-29-26-21/h6-10,12-13,16H,4-5,11,14-15H2,1-3H3,(H,25,26,28,29). The summed E-state index contributed by atoms with van der Waals surface area (Å²) >= 11 is 0. The van der Waals surface area contributed by atoms with Gasteiger partial charge < -0.3 is 0 Å². The van der Waals surface area contributed by atoms with Gasteiger partial charge in [-0.15, -0.1) is 10.2 Å². The molecule has 0 amide bonds. The van der Waals surface area contributed by atoms with Crippen molar-refractivity contribution in [2.24, 2.45) is 4.99 Å². The van der Waals surface area contributed by atoms with E-state index in [0.717, 1.165) is 43.0 Å². The summed E-state index contributed by atoms with van der Waals surface area (Å²) in [4.78, 5) is 9.04. The fourth-order valence-corrected chi connectivity index (χ4v) is 3.71. The number of hydrogen-bond donors (Lipinski definition) is 1. The quantitative estimate of drug-likeness (QED) is 0.619. The van der Waals surface area contributed by atoms with Gasteiger partial charge in [-0.2, -0.15) is 10.3 Å². The van der Waals surface area contributed by atoms with E-state index in [2.05, 4.69) is 75.3 Å². The largest absolute Gasteiger partial charge is 0.269 e. The third-order valence-corrected chi connectivity index (χ3v) is 5.54. The van der Waals surface area contributed by atoms with Crippen LogP contribution < -0.4 is 0 Å². The van der Waals surface area contributed by atoms with Gasteiger partial charge in [0.1, 0.15) is 5.82 Å². The van der Waals surface area contributed by atoms with Crippen LogP contribution in [0.4, 0.5) is 0 Å². The van der Waals surface area contributed by atoms with E-state index in [-0.39, 0.29) is 0 Å². The Bertz CT molecular complexity index is 1010. The van der Waals surface area contributed by atoms with Crippen molar-refractivity contribution < 1.29 is 0 Å². The fourth-order valence-electron chi connectivity index (χ4n) is 3.71. The number of nitrogens with one attached hydrogen (secondary N) is 1. The van der Waals surface area contributed by atoms with Gasteiger partial charge in [0.2, 0.25) is 0 Å². The zero-order valence-electron chi connectivity index (χ0n) is 17.8. The number of unbranched alkanes of at least 4 members (excludes halogenated alkanes) is 1. The molecule has 8 heteroatoms. The molecule has 0 aliphatic carbocycles. The second kappa shape index (κ2) is 8.69. The topological polar surface area (TPSA) is 97.5 Å². The van der Waals surface area contributed by atoms with Crippen LogP contribution >= 0.6 is 0 Å². The van der Waals surface area contributed by atoms with Crippen LogP contribution in [0.2, 0.25) is 0 Å². The first kappa shape index (κ1) is 20.1. The Kier molecular flexibility index (Phi) is 5.83. The molecular formula is C22H28N8. The molecule has 30 heavy (non-hydrogen) atoms. The fraction of sp³-hybridized carbons (Fsp3) is 0.455. The van der Waals surface area contributed by atoms with E-state index < -0.39 is 5.41 Å². The molecule has 4 rings (SSSR count). The Morgan fingerprint density at radius 3 is 2.67 bits per heavy atom. The van der Waals surface area contributed by atoms with E-state index in [4.69, 9.17) is 10.1 Å². The zero-order chi connectivity index (χ0) is 21.0. The highest BCUT2D eigenvalue weighted by Gasteiger charge is 2.36. The molecule has 156 valence electrons. The van der Waals surface area contributed by atoms with Crippen LogP contribution in [0.15, 0.2) is 41.5 Å². The van der Waals surface area contributed by atoms with Gasteiger partial charge in [-0.1, -0.05) is 56.7 Å². The summed E-state index contributed by atoms with van der Waals surface area (Å²) < 4.78 is 2.08. The van der Waals surface area contributed by atoms with Crippen LogP contribution in [0.25, 0.3) is 0 Å². The van der Waals surface area contributed by atoms with E-state index in [0.29, 0.717) is 18.2 Å². The van der Waals surface area contributed by atoms with Crippen LogP contribution in [-0.2, 0) is 18.4 Å². The first-order valence-electron chi connectivity index (χ1n) is 10.6. The number of rotatable bonds is 8. The number of nitrogens with zero attached hydrogens (tertiary/aromatic N) is 7. The third kappa shape index (κ3) is 3.94. The third-order valence-electron chi connectivity index (χ3n) is 5.54. The minimum atomic E-state index is -0.445. The van der Waals surface area contributed by atoms with Crippen molar-refractivity contribution in [1.29, 1.82) is 0 Å². The smallest absolute Gasteiger partial charge is 0.189 e. The minimum absolute atomic E-state index is 0.323. The normalized spacial score (nSPS) is 18.4. The van der Waals surface area contributed by atoms with E-state index in [1.165, 1.54) is 5.56 Å². The molecule has 1 aliphatic rings. The highest BCUT2D eigenvalue weighted by Crippen LogP contribution is 2.36. The number of aromatic amines is 1. The maximum atomic E-state index is 4.82. The van der Waals surface area contributed by atoms with Crippen LogP contribution in [0.5, 0.6) is 0 Å². The summed E-state index contributed by atoms with van der Waals surface area (Å²) in [7, 11) is 0. The van der Waals surface area contributed by atoms with Crippen molar-refractivity contribution in [3.63, 3.8) is 0 Å². The Morgan fingerprint density at radius 1 is 1.20 bits per heavy atom. The van der Waals surface area contributed by atoms with E-state index in [9.17, 15) is 0 Å². The first-order valence-corrected chi connectivity index (χ1v) is 10.6. The van der Waals surface area contributed by atoms with Gasteiger partial charge in [0.05, 0.1) is 5.41 Å². The summed E-state index contributed by atoms with van der Waals surface area (Å²) in [6.07, 6.45) is 9.45. The number of aromatic nitrogens is 7. The monoisotopic (exact) mass is 404 g/mol. The lowest BCUT2D eigenvalue weighted by Crippen LogP contribution is -2.29. The molecule has 1 aliphatic heterocycles. The predicted octanol–water partition coefficient (Wildman–Crippen LogP) is 3.58. The molecule has 0 spiro atoms. The molecule has 0 fully saturated rings. The second-order valence-corrected chi connectivity index (χ2v) is 8.05. The molecule has 1 atom stereocenters. The lowest BCUT2D eigenvalue weighted by Gasteiger charge is -2.28. The van der Waals surface area contributed by atoms with Crippen LogP contribution in [-0.4, -0.2) is 41.6 Å². The summed E-state index contributed by atoms with van der Waals surface area (Å²) in [5.74, 6) is 2.92. The Labute approximate surface area is 176 Å². The number of benzene rings is 1. The lowest BCUT2D eigenvalue weighted by molar-refractivity contribution is 0.543. The van der Waals surface area contributed by atoms with Crippen molar-refractivity contribution >= 4 is 6.21 Å². The summed E-state index contributed by atoms with van der Waals surface area (Å²) in [5, 5.41) is 19.6. The highest BCUT2D eigenvalue weighted by atomic mass is 15.5. The van der Waals surface area contributed by atoms with Gasteiger partial charge >= 0.3 is 0 Å². The van der Waals surface area contributed by atoms with Crippen LogP contribution in [0.3, 0.4) is 0 Å². The summed E-state index contributed by atoms with van der Waals surface area (Å²) in [6, 6.07) is 8.60. The van der Waals surface area contributed by atoms with Crippen molar-refractivity contribution in [1.82, 2.24) is 35.4 Å². The molecular weight excluding hydrogens is 376 g/mol. The van der Waals surface area contributed by atoms with E-state index >= 15 is 0 Å². The zero-order valence-corrected chi connectivity index (χ0v) is 17.8. The molecule has 2 aromatic heterocycles. The Morgan fingerprint density at radius 2 is 2.03 bits per heavy atom. The molecule has 0 saturated carbocycles. The van der Waals surface area contributed by atoms with Crippen molar-refractivity contribution in [3.8, 4) is 0 Å². The Hall–Kier alpha value is -3.16. The molecule has 0 bridgehead atoms. The molecule has 1 aromatic carbocycles. The van der Waals surface area contributed by atoms with Crippen molar-refractivity contribution in [2.75, 3.05) is 0 Å². The van der Waals surface area contributed by atoms with Crippen LogP contribution in [0, 0.1) is 0 Å². The van der Waals surface area contributed by atoms with E-state index in [1.807, 2.05) is 12.3 Å². The van der Waals surface area contributed by atoms with Crippen LogP contribution in [0.1, 0.15) is 74.6 Å². The van der Waals surface area contributed by atoms with Gasteiger partial charge in [-0.05, 0) is 23.6 Å². The number of aliphatic imine (C=N–C) groups is 1. The number of hydrogen-bond acceptors (Lipinski definition) is 6. The number of aryl methyl sites for hydroxylation is 1. The SMILES string of the molecule is CCCCn1nc(C(C)C)nc1Cc1ccc(C2(c3nn[nH]n3)C=CN=CC2)cc1. The predicted molar refractivity (Wildman–Crippen MR) is 115 cm³/mol.